The number of carbonyl (C=O) groups excluding carboxylic acids is 1. The summed E-state index contributed by atoms with van der Waals surface area (Å²) in [6, 6.07) is 7.92. The number of unbranched alkanes of at least 4 members (excludes halogenated alkanes) is 1. The van der Waals surface area contributed by atoms with Crippen LogP contribution in [0.25, 0.3) is 0 Å². The molecule has 0 radical (unpaired) electrons. The molecule has 3 N–H and O–H groups in total. The lowest BCUT2D eigenvalue weighted by Gasteiger charge is -2.08. The molecule has 0 bridgehead atoms. The van der Waals surface area contributed by atoms with Gasteiger partial charge in [0.15, 0.2) is 0 Å². The first-order valence-electron chi connectivity index (χ1n) is 5.81. The summed E-state index contributed by atoms with van der Waals surface area (Å²) in [6.07, 6.45) is 2.61. The molecule has 3 nitrogen and oxygen atoms in total. The summed E-state index contributed by atoms with van der Waals surface area (Å²) in [5.41, 5.74) is 7.83. The molecule has 88 valence electrons. The Morgan fingerprint density at radius 2 is 2.00 bits per heavy atom. The average Bonchev–Trinajstić information content (AvgIpc) is 2.34. The Balaban J connectivity index is 2.44. The van der Waals surface area contributed by atoms with Crippen molar-refractivity contribution in [2.75, 3.05) is 0 Å². The van der Waals surface area contributed by atoms with Crippen LogP contribution in [0, 0.1) is 0 Å². The first kappa shape index (κ1) is 12.7. The minimum atomic E-state index is 0.119. The van der Waals surface area contributed by atoms with Gasteiger partial charge in [0.1, 0.15) is 0 Å². The summed E-state index contributed by atoms with van der Waals surface area (Å²) in [7, 11) is 0. The van der Waals surface area contributed by atoms with E-state index in [1.165, 1.54) is 0 Å². The highest BCUT2D eigenvalue weighted by atomic mass is 16.1. The summed E-state index contributed by atoms with van der Waals surface area (Å²) in [4.78, 5) is 11.4. The maximum absolute atomic E-state index is 11.4. The van der Waals surface area contributed by atoms with Crippen LogP contribution in [0.5, 0.6) is 0 Å². The summed E-state index contributed by atoms with van der Waals surface area (Å²) in [6.45, 7) is 3.17. The van der Waals surface area contributed by atoms with Crippen LogP contribution in [-0.2, 0) is 17.9 Å². The molecule has 3 heteroatoms. The zero-order chi connectivity index (χ0) is 11.8. The largest absolute Gasteiger partial charge is 0.352 e. The minimum Gasteiger partial charge on any atom is -0.352 e. The lowest BCUT2D eigenvalue weighted by atomic mass is 10.1. The van der Waals surface area contributed by atoms with E-state index in [0.717, 1.165) is 24.0 Å². The Morgan fingerprint density at radius 1 is 1.31 bits per heavy atom. The van der Waals surface area contributed by atoms with Crippen molar-refractivity contribution in [2.24, 2.45) is 5.73 Å². The van der Waals surface area contributed by atoms with E-state index in [1.807, 2.05) is 24.3 Å². The number of carbonyl (C=O) groups is 1. The van der Waals surface area contributed by atoms with Gasteiger partial charge >= 0.3 is 0 Å². The normalized spacial score (nSPS) is 10.1. The standard InChI is InChI=1S/C13H20N2O/c1-2-3-8-13(16)15-10-12-7-5-4-6-11(12)9-14/h4-7H,2-3,8-10,14H2,1H3,(H,15,16). The number of benzene rings is 1. The number of rotatable bonds is 6. The number of hydrogen-bond acceptors (Lipinski definition) is 2. The minimum absolute atomic E-state index is 0.119. The summed E-state index contributed by atoms with van der Waals surface area (Å²) >= 11 is 0. The maximum Gasteiger partial charge on any atom is 0.220 e. The molecule has 0 heterocycles. The van der Waals surface area contributed by atoms with E-state index in [1.54, 1.807) is 0 Å². The van der Waals surface area contributed by atoms with Gasteiger partial charge in [-0.3, -0.25) is 4.79 Å². The van der Waals surface area contributed by atoms with Gasteiger partial charge in [-0.25, -0.2) is 0 Å². The van der Waals surface area contributed by atoms with Crippen LogP contribution in [0.15, 0.2) is 24.3 Å². The van der Waals surface area contributed by atoms with E-state index in [9.17, 15) is 4.79 Å². The van der Waals surface area contributed by atoms with Crippen molar-refractivity contribution in [1.29, 1.82) is 0 Å². The van der Waals surface area contributed by atoms with Crippen molar-refractivity contribution in [1.82, 2.24) is 5.32 Å². The first-order chi connectivity index (χ1) is 7.77. The topological polar surface area (TPSA) is 55.1 Å². The Bertz CT molecular complexity index is 336. The number of nitrogens with two attached hydrogens (primary N) is 1. The van der Waals surface area contributed by atoms with Gasteiger partial charge in [-0.1, -0.05) is 37.6 Å². The fourth-order valence-corrected chi connectivity index (χ4v) is 1.55. The predicted molar refractivity (Wildman–Crippen MR) is 65.7 cm³/mol. The van der Waals surface area contributed by atoms with Gasteiger partial charge in [0.05, 0.1) is 0 Å². The van der Waals surface area contributed by atoms with Crippen LogP contribution in [0.4, 0.5) is 0 Å². The van der Waals surface area contributed by atoms with E-state index in [2.05, 4.69) is 12.2 Å². The number of hydrogen-bond donors (Lipinski definition) is 2. The fourth-order valence-electron chi connectivity index (χ4n) is 1.55. The van der Waals surface area contributed by atoms with Crippen molar-refractivity contribution in [3.05, 3.63) is 35.4 Å². The second kappa shape index (κ2) is 7.01. The quantitative estimate of drug-likeness (QED) is 0.770. The third-order valence-corrected chi connectivity index (χ3v) is 2.57. The van der Waals surface area contributed by atoms with Crippen LogP contribution >= 0.6 is 0 Å². The Labute approximate surface area is 97.0 Å². The van der Waals surface area contributed by atoms with E-state index in [0.29, 0.717) is 19.5 Å². The second-order valence-corrected chi connectivity index (χ2v) is 3.85. The molecular weight excluding hydrogens is 200 g/mol. The molecule has 0 aliphatic heterocycles. The van der Waals surface area contributed by atoms with Crippen LogP contribution in [0.2, 0.25) is 0 Å². The average molecular weight is 220 g/mol. The summed E-state index contributed by atoms with van der Waals surface area (Å²) in [5.74, 6) is 0.119. The molecule has 0 aromatic heterocycles. The molecule has 0 atom stereocenters. The van der Waals surface area contributed by atoms with Gasteiger partial charge in [0, 0.05) is 19.5 Å². The molecule has 1 amide bonds. The van der Waals surface area contributed by atoms with E-state index in [4.69, 9.17) is 5.73 Å². The van der Waals surface area contributed by atoms with Crippen LogP contribution in [0.1, 0.15) is 37.3 Å². The van der Waals surface area contributed by atoms with Crippen molar-refractivity contribution in [2.45, 2.75) is 39.3 Å². The van der Waals surface area contributed by atoms with E-state index < -0.39 is 0 Å². The fraction of sp³-hybridized carbons (Fsp3) is 0.462. The highest BCUT2D eigenvalue weighted by molar-refractivity contribution is 5.75. The maximum atomic E-state index is 11.4. The van der Waals surface area contributed by atoms with Gasteiger partial charge < -0.3 is 11.1 Å². The molecule has 0 saturated heterocycles. The molecular formula is C13H20N2O. The lowest BCUT2D eigenvalue weighted by Crippen LogP contribution is -2.23. The molecule has 1 aromatic rings. The Hall–Kier alpha value is -1.35. The van der Waals surface area contributed by atoms with Gasteiger partial charge in [0.2, 0.25) is 5.91 Å². The monoisotopic (exact) mass is 220 g/mol. The predicted octanol–water partition coefficient (Wildman–Crippen LogP) is 1.95. The molecule has 0 fully saturated rings. The second-order valence-electron chi connectivity index (χ2n) is 3.85. The zero-order valence-electron chi connectivity index (χ0n) is 9.83. The van der Waals surface area contributed by atoms with Crippen LogP contribution < -0.4 is 11.1 Å². The third kappa shape index (κ3) is 4.03. The lowest BCUT2D eigenvalue weighted by molar-refractivity contribution is -0.121. The van der Waals surface area contributed by atoms with E-state index >= 15 is 0 Å². The van der Waals surface area contributed by atoms with Crippen molar-refractivity contribution in [3.8, 4) is 0 Å². The SMILES string of the molecule is CCCCC(=O)NCc1ccccc1CN. The van der Waals surface area contributed by atoms with Crippen molar-refractivity contribution >= 4 is 5.91 Å². The van der Waals surface area contributed by atoms with Crippen molar-refractivity contribution < 1.29 is 4.79 Å². The molecule has 0 saturated carbocycles. The van der Waals surface area contributed by atoms with E-state index in [-0.39, 0.29) is 5.91 Å². The summed E-state index contributed by atoms with van der Waals surface area (Å²) < 4.78 is 0. The van der Waals surface area contributed by atoms with Crippen molar-refractivity contribution in [3.63, 3.8) is 0 Å². The molecule has 1 aromatic carbocycles. The molecule has 1 rings (SSSR count). The van der Waals surface area contributed by atoms with Gasteiger partial charge in [-0.15, -0.1) is 0 Å². The first-order valence-corrected chi connectivity index (χ1v) is 5.81. The van der Waals surface area contributed by atoms with Gasteiger partial charge in [-0.2, -0.15) is 0 Å². The Kier molecular flexibility index (Phi) is 5.57. The smallest absolute Gasteiger partial charge is 0.220 e. The van der Waals surface area contributed by atoms with Crippen LogP contribution in [-0.4, -0.2) is 5.91 Å². The third-order valence-electron chi connectivity index (χ3n) is 2.57. The molecule has 0 aliphatic rings. The van der Waals surface area contributed by atoms with Gasteiger partial charge in [-0.05, 0) is 17.5 Å². The highest BCUT2D eigenvalue weighted by Gasteiger charge is 2.03. The van der Waals surface area contributed by atoms with Crippen LogP contribution in [0.3, 0.4) is 0 Å². The molecule has 0 aliphatic carbocycles. The molecule has 16 heavy (non-hydrogen) atoms. The molecule has 0 spiro atoms. The molecule has 0 unspecified atom stereocenters. The number of amides is 1. The number of nitrogens with one attached hydrogen (secondary N) is 1. The Morgan fingerprint density at radius 3 is 2.62 bits per heavy atom. The summed E-state index contributed by atoms with van der Waals surface area (Å²) in [5, 5.41) is 2.91. The highest BCUT2D eigenvalue weighted by Crippen LogP contribution is 2.07. The zero-order valence-corrected chi connectivity index (χ0v) is 9.83. The van der Waals surface area contributed by atoms with Gasteiger partial charge in [0.25, 0.3) is 0 Å².